The number of aromatic nitrogens is 1. The van der Waals surface area contributed by atoms with Gasteiger partial charge in [0.1, 0.15) is 5.82 Å². The molecular weight excluding hydrogens is 338 g/mol. The molecule has 1 saturated heterocycles. The van der Waals surface area contributed by atoms with Crippen LogP contribution in [0.25, 0.3) is 0 Å². The Kier molecular flexibility index (Phi) is 5.06. The van der Waals surface area contributed by atoms with Crippen molar-refractivity contribution in [2.45, 2.75) is 18.5 Å². The molecule has 2 amide bonds. The molecule has 25 heavy (non-hydrogen) atoms. The first-order chi connectivity index (χ1) is 12.1. The number of imide groups is 1. The van der Waals surface area contributed by atoms with Gasteiger partial charge < -0.3 is 9.64 Å². The summed E-state index contributed by atoms with van der Waals surface area (Å²) in [5.74, 6) is 0.174. The number of amides is 2. The monoisotopic (exact) mass is 357 g/mol. The molecule has 1 aromatic carbocycles. The van der Waals surface area contributed by atoms with Crippen LogP contribution in [0.4, 0.5) is 10.6 Å². The first kappa shape index (κ1) is 17.4. The van der Waals surface area contributed by atoms with E-state index in [-0.39, 0.29) is 17.7 Å². The lowest BCUT2D eigenvalue weighted by Gasteiger charge is -2.35. The van der Waals surface area contributed by atoms with E-state index in [2.05, 4.69) is 4.98 Å². The molecular formula is C18H19N3O3S. The van der Waals surface area contributed by atoms with Crippen molar-refractivity contribution >= 4 is 28.7 Å². The minimum Gasteiger partial charge on any atom is -0.339 e. The van der Waals surface area contributed by atoms with E-state index in [9.17, 15) is 9.59 Å². The van der Waals surface area contributed by atoms with Gasteiger partial charge in [-0.2, -0.15) is 0 Å². The Hall–Kier alpha value is -2.38. The lowest BCUT2D eigenvalue weighted by molar-refractivity contribution is -0.142. The van der Waals surface area contributed by atoms with E-state index < -0.39 is 5.06 Å². The zero-order valence-corrected chi connectivity index (χ0v) is 14.9. The molecule has 130 valence electrons. The number of carbonyl (C=O) groups is 2. The Bertz CT molecular complexity index is 757. The average Bonchev–Trinajstić information content (AvgIpc) is 2.88. The van der Waals surface area contributed by atoms with Crippen molar-refractivity contribution in [3.63, 3.8) is 0 Å². The van der Waals surface area contributed by atoms with Crippen LogP contribution in [0.2, 0.25) is 0 Å². The van der Waals surface area contributed by atoms with E-state index in [0.717, 1.165) is 17.3 Å². The van der Waals surface area contributed by atoms with Crippen molar-refractivity contribution < 1.29 is 14.3 Å². The van der Waals surface area contributed by atoms with Crippen LogP contribution in [0.15, 0.2) is 54.7 Å². The normalized spacial score (nSPS) is 20.2. The Morgan fingerprint density at radius 1 is 1.16 bits per heavy atom. The fraction of sp³-hybridized carbons (Fsp3) is 0.278. The number of hydrogen-bond acceptors (Lipinski definition) is 6. The molecule has 0 radical (unpaired) electrons. The van der Waals surface area contributed by atoms with Crippen molar-refractivity contribution in [2.24, 2.45) is 0 Å². The number of nitrogens with zero attached hydrogens (tertiary/aromatic N) is 3. The van der Waals surface area contributed by atoms with E-state index in [1.54, 1.807) is 37.2 Å². The van der Waals surface area contributed by atoms with Gasteiger partial charge in [0.25, 0.3) is 16.2 Å². The molecule has 1 unspecified atom stereocenters. The van der Waals surface area contributed by atoms with Crippen LogP contribution in [-0.4, -0.2) is 39.7 Å². The molecule has 2 heterocycles. The predicted octanol–water partition coefficient (Wildman–Crippen LogP) is 3.10. The second-order valence-corrected chi connectivity index (χ2v) is 6.61. The summed E-state index contributed by atoms with van der Waals surface area (Å²) in [6.45, 7) is 2.31. The minimum absolute atomic E-state index is 0.219. The van der Waals surface area contributed by atoms with Crippen molar-refractivity contribution in [3.05, 3.63) is 60.3 Å². The standard InChI is InChI=1S/C18H19N3O3S/c1-3-24-18(20(2)15-11-7-8-12-19-15)16(22)21(17(23)25-18)13-14-9-5-4-6-10-14/h4-12H,3,13H2,1-2H3. The molecule has 1 aliphatic heterocycles. The first-order valence-corrected chi connectivity index (χ1v) is 8.78. The summed E-state index contributed by atoms with van der Waals surface area (Å²) in [5, 5.41) is -1.76. The van der Waals surface area contributed by atoms with Crippen LogP contribution in [-0.2, 0) is 16.1 Å². The third-order valence-electron chi connectivity index (χ3n) is 3.92. The van der Waals surface area contributed by atoms with Gasteiger partial charge >= 0.3 is 0 Å². The number of thioether (sulfide) groups is 1. The van der Waals surface area contributed by atoms with Gasteiger partial charge in [0.2, 0.25) is 0 Å². The molecule has 2 aromatic rings. The summed E-state index contributed by atoms with van der Waals surface area (Å²) < 4.78 is 5.79. The topological polar surface area (TPSA) is 62.7 Å². The van der Waals surface area contributed by atoms with Crippen LogP contribution in [0.3, 0.4) is 0 Å². The van der Waals surface area contributed by atoms with Gasteiger partial charge in [-0.15, -0.1) is 0 Å². The van der Waals surface area contributed by atoms with E-state index in [4.69, 9.17) is 4.74 Å². The summed E-state index contributed by atoms with van der Waals surface area (Å²) in [6.07, 6.45) is 1.64. The number of ether oxygens (including phenoxy) is 1. The van der Waals surface area contributed by atoms with Gasteiger partial charge in [0, 0.05) is 31.6 Å². The SMILES string of the molecule is CCOC1(N(C)c2ccccn2)SC(=O)N(Cc2ccccc2)C1=O. The number of likely N-dealkylation sites (N-methyl/N-ethyl adjacent to an activating group) is 1. The van der Waals surface area contributed by atoms with Gasteiger partial charge in [0.15, 0.2) is 0 Å². The Morgan fingerprint density at radius 3 is 2.52 bits per heavy atom. The predicted molar refractivity (Wildman–Crippen MR) is 97.0 cm³/mol. The molecule has 1 aliphatic rings. The highest BCUT2D eigenvalue weighted by Gasteiger charge is 2.57. The largest absolute Gasteiger partial charge is 0.339 e. The minimum atomic E-state index is -1.44. The van der Waals surface area contributed by atoms with Crippen LogP contribution in [0, 0.1) is 0 Å². The fourth-order valence-corrected chi connectivity index (χ4v) is 3.77. The number of pyridine rings is 1. The van der Waals surface area contributed by atoms with Gasteiger partial charge in [-0.25, -0.2) is 4.98 Å². The zero-order valence-electron chi connectivity index (χ0n) is 14.1. The maximum Gasteiger partial charge on any atom is 0.295 e. The van der Waals surface area contributed by atoms with Crippen LogP contribution < -0.4 is 4.90 Å². The van der Waals surface area contributed by atoms with E-state index in [0.29, 0.717) is 12.4 Å². The quantitative estimate of drug-likeness (QED) is 0.740. The molecule has 1 atom stereocenters. The molecule has 3 rings (SSSR count). The highest BCUT2D eigenvalue weighted by molar-refractivity contribution is 8.16. The van der Waals surface area contributed by atoms with Gasteiger partial charge in [-0.05, 0) is 24.6 Å². The molecule has 6 nitrogen and oxygen atoms in total. The fourth-order valence-electron chi connectivity index (χ4n) is 2.67. The maximum atomic E-state index is 13.1. The van der Waals surface area contributed by atoms with Gasteiger partial charge in [-0.3, -0.25) is 14.5 Å². The van der Waals surface area contributed by atoms with Crippen LogP contribution in [0.1, 0.15) is 12.5 Å². The molecule has 1 aromatic heterocycles. The molecule has 0 saturated carbocycles. The van der Waals surface area contributed by atoms with Crippen LogP contribution >= 0.6 is 11.8 Å². The molecule has 0 N–H and O–H groups in total. The highest BCUT2D eigenvalue weighted by atomic mass is 32.2. The van der Waals surface area contributed by atoms with Gasteiger partial charge in [0.05, 0.1) is 6.54 Å². The summed E-state index contributed by atoms with van der Waals surface area (Å²) in [4.78, 5) is 32.8. The lowest BCUT2D eigenvalue weighted by Crippen LogP contribution is -2.53. The molecule has 0 spiro atoms. The number of rotatable bonds is 6. The molecule has 7 heteroatoms. The summed E-state index contributed by atoms with van der Waals surface area (Å²) >= 11 is 0.877. The third kappa shape index (κ3) is 3.25. The van der Waals surface area contributed by atoms with Crippen molar-refractivity contribution in [1.82, 2.24) is 9.88 Å². The van der Waals surface area contributed by atoms with E-state index in [1.165, 1.54) is 4.90 Å². The first-order valence-electron chi connectivity index (χ1n) is 7.96. The second kappa shape index (κ2) is 7.25. The number of anilines is 1. The number of benzene rings is 1. The Morgan fingerprint density at radius 2 is 1.88 bits per heavy atom. The lowest BCUT2D eigenvalue weighted by atomic mass is 10.2. The Labute approximate surface area is 150 Å². The van der Waals surface area contributed by atoms with Crippen LogP contribution in [0.5, 0.6) is 0 Å². The summed E-state index contributed by atoms with van der Waals surface area (Å²) in [6, 6.07) is 14.8. The maximum absolute atomic E-state index is 13.1. The number of carbonyl (C=O) groups excluding carboxylic acids is 2. The van der Waals surface area contributed by atoms with Crippen molar-refractivity contribution in [2.75, 3.05) is 18.6 Å². The number of hydrogen-bond donors (Lipinski definition) is 0. The van der Waals surface area contributed by atoms with Crippen molar-refractivity contribution in [1.29, 1.82) is 0 Å². The van der Waals surface area contributed by atoms with E-state index in [1.807, 2.05) is 36.4 Å². The summed E-state index contributed by atoms with van der Waals surface area (Å²) in [5.41, 5.74) is 0.887. The smallest absolute Gasteiger partial charge is 0.295 e. The summed E-state index contributed by atoms with van der Waals surface area (Å²) in [7, 11) is 1.71. The van der Waals surface area contributed by atoms with Crippen molar-refractivity contribution in [3.8, 4) is 0 Å². The average molecular weight is 357 g/mol. The highest BCUT2D eigenvalue weighted by Crippen LogP contribution is 2.42. The molecule has 0 bridgehead atoms. The van der Waals surface area contributed by atoms with Gasteiger partial charge in [-0.1, -0.05) is 36.4 Å². The third-order valence-corrected chi connectivity index (χ3v) is 5.16. The van der Waals surface area contributed by atoms with E-state index >= 15 is 0 Å². The Balaban J connectivity index is 1.92. The zero-order chi connectivity index (χ0) is 17.9. The molecule has 0 aliphatic carbocycles. The molecule has 1 fully saturated rings. The second-order valence-electron chi connectivity index (χ2n) is 5.51.